The van der Waals surface area contributed by atoms with Crippen molar-refractivity contribution in [3.63, 3.8) is 0 Å². The van der Waals surface area contributed by atoms with Gasteiger partial charge in [-0.2, -0.15) is 0 Å². The molecule has 6 nitrogen and oxygen atoms in total. The van der Waals surface area contributed by atoms with E-state index in [-0.39, 0.29) is 28.3 Å². The number of aromatic nitrogens is 2. The van der Waals surface area contributed by atoms with Gasteiger partial charge >= 0.3 is 0 Å². The Kier molecular flexibility index (Phi) is 10.7. The van der Waals surface area contributed by atoms with E-state index in [1.807, 2.05) is 89.6 Å². The van der Waals surface area contributed by atoms with Gasteiger partial charge in [-0.25, -0.2) is 20.0 Å². The van der Waals surface area contributed by atoms with Crippen molar-refractivity contribution in [1.82, 2.24) is 9.97 Å². The van der Waals surface area contributed by atoms with Crippen LogP contribution < -0.4 is 5.11 Å². The van der Waals surface area contributed by atoms with Gasteiger partial charge in [0, 0.05) is 56.7 Å². The minimum atomic E-state index is -0.0314. The molecule has 1 N–H and O–H groups in total. The van der Waals surface area contributed by atoms with E-state index in [0.29, 0.717) is 21.4 Å². The molecule has 0 bridgehead atoms. The molecule has 6 rings (SSSR count). The second-order valence-corrected chi connectivity index (χ2v) is 10.0. The normalized spacial score (nSPS) is 10.7. The second kappa shape index (κ2) is 14.8. The molecule has 0 amide bonds. The van der Waals surface area contributed by atoms with Crippen LogP contribution in [0.4, 0.5) is 10.3 Å². The monoisotopic (exact) mass is 618 g/mol. The molecule has 41 heavy (non-hydrogen) atoms. The summed E-state index contributed by atoms with van der Waals surface area (Å²) in [6.45, 7) is 0. The summed E-state index contributed by atoms with van der Waals surface area (Å²) in [6.07, 6.45) is 3.19. The SMILES string of the molecule is Oc1ccccc1/C=N/c1nc(-c2ccccc2)cs1.[Co].[O-]c1ccccc1/C=N/c1nc(-c2ccccc2)cs1. The van der Waals surface area contributed by atoms with Crippen LogP contribution in [-0.4, -0.2) is 27.5 Å². The molecule has 0 aliphatic rings. The van der Waals surface area contributed by atoms with Gasteiger partial charge in [0.1, 0.15) is 5.75 Å². The molecule has 9 heteroatoms. The fraction of sp³-hybridized carbons (Fsp3) is 0. The molecule has 0 aliphatic heterocycles. The Balaban J connectivity index is 0.000000184. The predicted octanol–water partition coefficient (Wildman–Crippen LogP) is 7.90. The van der Waals surface area contributed by atoms with E-state index in [4.69, 9.17) is 0 Å². The van der Waals surface area contributed by atoms with Crippen LogP contribution in [0.5, 0.6) is 11.5 Å². The number of hydrogen-bond acceptors (Lipinski definition) is 8. The molecule has 0 aliphatic carbocycles. The third-order valence-electron chi connectivity index (χ3n) is 5.61. The molecule has 2 aromatic heterocycles. The van der Waals surface area contributed by atoms with Crippen LogP contribution in [0.3, 0.4) is 0 Å². The van der Waals surface area contributed by atoms with Crippen molar-refractivity contribution < 1.29 is 27.0 Å². The Morgan fingerprint density at radius 2 is 1.02 bits per heavy atom. The van der Waals surface area contributed by atoms with Crippen LogP contribution in [0.25, 0.3) is 22.5 Å². The maximum Gasteiger partial charge on any atom is 0.209 e. The molecule has 6 aromatic rings. The quantitative estimate of drug-likeness (QED) is 0.192. The fourth-order valence-corrected chi connectivity index (χ4v) is 4.90. The molecule has 0 unspecified atom stereocenters. The van der Waals surface area contributed by atoms with E-state index >= 15 is 0 Å². The Labute approximate surface area is 256 Å². The van der Waals surface area contributed by atoms with E-state index < -0.39 is 0 Å². The molecular formula is C32H23CoN4O2S2-. The largest absolute Gasteiger partial charge is 0.872 e. The first-order valence-electron chi connectivity index (χ1n) is 12.3. The van der Waals surface area contributed by atoms with Crippen LogP contribution >= 0.6 is 22.7 Å². The molecule has 0 fully saturated rings. The molecule has 2 heterocycles. The summed E-state index contributed by atoms with van der Waals surface area (Å²) in [5.74, 6) is 0.187. The van der Waals surface area contributed by atoms with Gasteiger partial charge in [0.25, 0.3) is 0 Å². The molecule has 0 saturated carbocycles. The number of nitrogens with zero attached hydrogens (tertiary/aromatic N) is 4. The van der Waals surface area contributed by atoms with E-state index in [9.17, 15) is 10.2 Å². The standard InChI is InChI=1S/2C16H12N2OS.Co/c2*19-15-9-5-4-8-13(15)10-17-16-18-14(11-20-16)12-6-2-1-3-7-12;/h2*1-11,19H;/p-1/b2*17-10+;. The molecule has 205 valence electrons. The number of thiazole rings is 2. The number of rotatable bonds is 6. The topological polar surface area (TPSA) is 93.8 Å². The van der Waals surface area contributed by atoms with E-state index in [1.165, 1.54) is 28.7 Å². The number of aliphatic imine (C=N–C) groups is 2. The number of phenols is 1. The smallest absolute Gasteiger partial charge is 0.209 e. The van der Waals surface area contributed by atoms with E-state index in [2.05, 4.69) is 20.0 Å². The minimum absolute atomic E-state index is 0. The predicted molar refractivity (Wildman–Crippen MR) is 164 cm³/mol. The van der Waals surface area contributed by atoms with Gasteiger partial charge in [0.15, 0.2) is 0 Å². The van der Waals surface area contributed by atoms with Crippen molar-refractivity contribution in [2.75, 3.05) is 0 Å². The van der Waals surface area contributed by atoms with Crippen LogP contribution in [-0.2, 0) is 16.8 Å². The molecule has 4 aromatic carbocycles. The van der Waals surface area contributed by atoms with Crippen LogP contribution in [0.15, 0.2) is 130 Å². The first kappa shape index (κ1) is 29.6. The van der Waals surface area contributed by atoms with Crippen molar-refractivity contribution in [3.05, 3.63) is 131 Å². The molecule has 0 atom stereocenters. The van der Waals surface area contributed by atoms with E-state index in [0.717, 1.165) is 22.5 Å². The average Bonchev–Trinajstić information content (AvgIpc) is 3.68. The zero-order valence-corrected chi connectivity index (χ0v) is 24.2. The summed E-state index contributed by atoms with van der Waals surface area (Å²) in [5.41, 5.74) is 5.22. The van der Waals surface area contributed by atoms with Crippen molar-refractivity contribution in [1.29, 1.82) is 0 Å². The Morgan fingerprint density at radius 1 is 0.585 bits per heavy atom. The van der Waals surface area contributed by atoms with Gasteiger partial charge in [0.2, 0.25) is 10.3 Å². The van der Waals surface area contributed by atoms with Gasteiger partial charge < -0.3 is 10.2 Å². The first-order chi connectivity index (χ1) is 19.7. The number of aromatic hydroxyl groups is 1. The molecule has 1 radical (unpaired) electrons. The van der Waals surface area contributed by atoms with Gasteiger partial charge in [-0.1, -0.05) is 97.1 Å². The number of phenolic OH excluding ortho intramolecular Hbond substituents is 1. The third kappa shape index (κ3) is 8.29. The van der Waals surface area contributed by atoms with Gasteiger partial charge in [-0.15, -0.1) is 28.4 Å². The minimum Gasteiger partial charge on any atom is -0.872 e. The average molecular weight is 619 g/mol. The zero-order chi connectivity index (χ0) is 27.6. The maximum absolute atomic E-state index is 11.6. The maximum atomic E-state index is 11.6. The van der Waals surface area contributed by atoms with Crippen LogP contribution in [0, 0.1) is 0 Å². The van der Waals surface area contributed by atoms with Gasteiger partial charge in [-0.3, -0.25) is 0 Å². The molecule has 0 saturated heterocycles. The Morgan fingerprint density at radius 3 is 1.54 bits per heavy atom. The van der Waals surface area contributed by atoms with Crippen molar-refractivity contribution in [2.24, 2.45) is 9.98 Å². The molecular weight excluding hydrogens is 595 g/mol. The van der Waals surface area contributed by atoms with Gasteiger partial charge in [-0.05, 0) is 17.7 Å². The van der Waals surface area contributed by atoms with E-state index in [1.54, 1.807) is 36.7 Å². The van der Waals surface area contributed by atoms with Crippen LogP contribution in [0.1, 0.15) is 11.1 Å². The summed E-state index contributed by atoms with van der Waals surface area (Å²) >= 11 is 2.94. The molecule has 0 spiro atoms. The third-order valence-corrected chi connectivity index (χ3v) is 7.10. The fourth-order valence-electron chi connectivity index (χ4n) is 3.56. The van der Waals surface area contributed by atoms with Crippen molar-refractivity contribution >= 4 is 45.4 Å². The zero-order valence-electron chi connectivity index (χ0n) is 21.5. The number of hydrogen-bond donors (Lipinski definition) is 1. The van der Waals surface area contributed by atoms with Crippen LogP contribution in [0.2, 0.25) is 0 Å². The number of benzene rings is 4. The Hall–Kier alpha value is -4.41. The van der Waals surface area contributed by atoms with Crippen molar-refractivity contribution in [2.45, 2.75) is 0 Å². The summed E-state index contributed by atoms with van der Waals surface area (Å²) in [6, 6.07) is 33.8. The summed E-state index contributed by atoms with van der Waals surface area (Å²) < 4.78 is 0. The van der Waals surface area contributed by atoms with Crippen molar-refractivity contribution in [3.8, 4) is 34.0 Å². The second-order valence-electron chi connectivity index (χ2n) is 8.38. The number of para-hydroxylation sites is 2. The summed E-state index contributed by atoms with van der Waals surface area (Å²) in [7, 11) is 0. The summed E-state index contributed by atoms with van der Waals surface area (Å²) in [5, 5.41) is 26.5. The Bertz CT molecular complexity index is 1610. The first-order valence-corrected chi connectivity index (χ1v) is 14.1. The van der Waals surface area contributed by atoms with Gasteiger partial charge in [0.05, 0.1) is 11.4 Å². The summed E-state index contributed by atoms with van der Waals surface area (Å²) in [4.78, 5) is 17.5.